The molecule has 1 aromatic rings. The fourth-order valence-electron chi connectivity index (χ4n) is 1.63. The van der Waals surface area contributed by atoms with Crippen molar-refractivity contribution in [1.82, 2.24) is 4.90 Å². The molecule has 0 heterocycles. The lowest BCUT2D eigenvalue weighted by molar-refractivity contribution is -0.130. The van der Waals surface area contributed by atoms with Crippen molar-refractivity contribution in [3.63, 3.8) is 0 Å². The van der Waals surface area contributed by atoms with Crippen LogP contribution in [0, 0.1) is 0 Å². The van der Waals surface area contributed by atoms with Gasteiger partial charge in [-0.3, -0.25) is 4.79 Å². The smallest absolute Gasteiger partial charge is 0.236 e. The van der Waals surface area contributed by atoms with Crippen molar-refractivity contribution in [2.24, 2.45) is 5.73 Å². The number of nitrogens with two attached hydrogens (primary N) is 1. The molecular weight excluding hydrogens is 216 g/mol. The lowest BCUT2D eigenvalue weighted by Crippen LogP contribution is -2.35. The Morgan fingerprint density at radius 2 is 2.18 bits per heavy atom. The first-order chi connectivity index (χ1) is 8.21. The molecule has 0 fully saturated rings. The molecule has 0 aromatic heterocycles. The van der Waals surface area contributed by atoms with E-state index in [1.165, 1.54) is 0 Å². The minimum atomic E-state index is -0.0330. The minimum absolute atomic E-state index is 0.0330. The summed E-state index contributed by atoms with van der Waals surface area (Å²) in [5, 5.41) is 0. The number of amides is 1. The molecule has 0 aliphatic carbocycles. The number of nitrogens with zero attached hydrogens (tertiary/aromatic N) is 1. The van der Waals surface area contributed by atoms with E-state index < -0.39 is 0 Å². The van der Waals surface area contributed by atoms with E-state index in [-0.39, 0.29) is 12.5 Å². The van der Waals surface area contributed by atoms with Crippen LogP contribution in [0.3, 0.4) is 0 Å². The van der Waals surface area contributed by atoms with Crippen molar-refractivity contribution in [1.29, 1.82) is 0 Å². The van der Waals surface area contributed by atoms with Gasteiger partial charge in [0.25, 0.3) is 0 Å². The number of hydrogen-bond acceptors (Lipinski definition) is 3. The highest BCUT2D eigenvalue weighted by atomic mass is 16.5. The maximum Gasteiger partial charge on any atom is 0.236 e. The summed E-state index contributed by atoms with van der Waals surface area (Å²) in [7, 11) is 0. The zero-order chi connectivity index (χ0) is 12.7. The van der Waals surface area contributed by atoms with Gasteiger partial charge in [0.05, 0.1) is 13.2 Å². The van der Waals surface area contributed by atoms with E-state index in [9.17, 15) is 4.79 Å². The van der Waals surface area contributed by atoms with Crippen molar-refractivity contribution in [2.75, 3.05) is 19.7 Å². The predicted molar refractivity (Wildman–Crippen MR) is 67.8 cm³/mol. The third-order valence-electron chi connectivity index (χ3n) is 2.49. The lowest BCUT2D eigenvalue weighted by Gasteiger charge is -2.20. The number of carbonyl (C=O) groups excluding carboxylic acids is 1. The predicted octanol–water partition coefficient (Wildman–Crippen LogP) is 1.39. The highest BCUT2D eigenvalue weighted by molar-refractivity contribution is 5.77. The maximum absolute atomic E-state index is 11.5. The third-order valence-corrected chi connectivity index (χ3v) is 2.49. The van der Waals surface area contributed by atoms with Crippen LogP contribution in [-0.4, -0.2) is 30.5 Å². The van der Waals surface area contributed by atoms with Gasteiger partial charge in [0.2, 0.25) is 5.91 Å². The third kappa shape index (κ3) is 4.07. The van der Waals surface area contributed by atoms with Crippen LogP contribution < -0.4 is 10.5 Å². The number of ether oxygens (including phenoxy) is 1. The van der Waals surface area contributed by atoms with Gasteiger partial charge in [0.15, 0.2) is 0 Å². The van der Waals surface area contributed by atoms with E-state index in [4.69, 9.17) is 10.5 Å². The molecule has 0 bridgehead atoms. The molecule has 1 amide bonds. The molecule has 0 spiro atoms. The monoisotopic (exact) mass is 236 g/mol. The van der Waals surface area contributed by atoms with Gasteiger partial charge >= 0.3 is 0 Å². The molecule has 0 saturated heterocycles. The minimum Gasteiger partial charge on any atom is -0.494 e. The Bertz CT molecular complexity index is 366. The molecule has 0 radical (unpaired) electrons. The van der Waals surface area contributed by atoms with Gasteiger partial charge in [-0.2, -0.15) is 0 Å². The molecule has 0 aliphatic rings. The number of likely N-dealkylation sites (N-methyl/N-ethyl adjacent to an activating group) is 1. The van der Waals surface area contributed by atoms with Gasteiger partial charge in [-0.15, -0.1) is 0 Å². The van der Waals surface area contributed by atoms with E-state index in [0.717, 1.165) is 11.3 Å². The topological polar surface area (TPSA) is 55.6 Å². The van der Waals surface area contributed by atoms with Gasteiger partial charge in [0.1, 0.15) is 5.75 Å². The van der Waals surface area contributed by atoms with Crippen LogP contribution in [-0.2, 0) is 11.3 Å². The maximum atomic E-state index is 11.5. The highest BCUT2D eigenvalue weighted by Crippen LogP contribution is 2.14. The SMILES string of the molecule is CCOc1cccc(CN(CC)C(=O)CN)c1. The zero-order valence-corrected chi connectivity index (χ0v) is 10.5. The highest BCUT2D eigenvalue weighted by Gasteiger charge is 2.10. The van der Waals surface area contributed by atoms with Crippen molar-refractivity contribution in [2.45, 2.75) is 20.4 Å². The fourth-order valence-corrected chi connectivity index (χ4v) is 1.63. The number of carbonyl (C=O) groups is 1. The van der Waals surface area contributed by atoms with E-state index in [1.54, 1.807) is 4.90 Å². The molecule has 0 saturated carbocycles. The summed E-state index contributed by atoms with van der Waals surface area (Å²) in [5.41, 5.74) is 6.42. The summed E-state index contributed by atoms with van der Waals surface area (Å²) in [6.45, 7) is 5.83. The Hall–Kier alpha value is -1.55. The largest absolute Gasteiger partial charge is 0.494 e. The van der Waals surface area contributed by atoms with Gasteiger partial charge in [-0.05, 0) is 31.5 Å². The number of rotatable bonds is 6. The van der Waals surface area contributed by atoms with Crippen molar-refractivity contribution < 1.29 is 9.53 Å². The molecule has 2 N–H and O–H groups in total. The summed E-state index contributed by atoms with van der Waals surface area (Å²) in [6, 6.07) is 7.78. The second kappa shape index (κ2) is 6.91. The second-order valence-corrected chi connectivity index (χ2v) is 3.69. The second-order valence-electron chi connectivity index (χ2n) is 3.69. The summed E-state index contributed by atoms with van der Waals surface area (Å²) >= 11 is 0. The van der Waals surface area contributed by atoms with Crippen LogP contribution in [0.15, 0.2) is 24.3 Å². The first kappa shape index (κ1) is 13.5. The molecule has 17 heavy (non-hydrogen) atoms. The van der Waals surface area contributed by atoms with Crippen LogP contribution in [0.25, 0.3) is 0 Å². The summed E-state index contributed by atoms with van der Waals surface area (Å²) in [4.78, 5) is 13.3. The Morgan fingerprint density at radius 3 is 2.76 bits per heavy atom. The van der Waals surface area contributed by atoms with Crippen LogP contribution in [0.5, 0.6) is 5.75 Å². The Labute approximate surface area is 102 Å². The van der Waals surface area contributed by atoms with Crippen LogP contribution in [0.1, 0.15) is 19.4 Å². The number of hydrogen-bond donors (Lipinski definition) is 1. The van der Waals surface area contributed by atoms with Gasteiger partial charge in [0, 0.05) is 13.1 Å². The molecular formula is C13H20N2O2. The van der Waals surface area contributed by atoms with E-state index in [1.807, 2.05) is 38.1 Å². The molecule has 94 valence electrons. The fraction of sp³-hybridized carbons (Fsp3) is 0.462. The lowest BCUT2D eigenvalue weighted by atomic mass is 10.2. The summed E-state index contributed by atoms with van der Waals surface area (Å²) < 4.78 is 5.42. The summed E-state index contributed by atoms with van der Waals surface area (Å²) in [5.74, 6) is 0.801. The normalized spacial score (nSPS) is 10.1. The quantitative estimate of drug-likeness (QED) is 0.812. The Morgan fingerprint density at radius 1 is 1.41 bits per heavy atom. The van der Waals surface area contributed by atoms with E-state index >= 15 is 0 Å². The first-order valence-electron chi connectivity index (χ1n) is 5.90. The average Bonchev–Trinajstić information content (AvgIpc) is 2.36. The van der Waals surface area contributed by atoms with Crippen molar-refractivity contribution in [3.8, 4) is 5.75 Å². The van der Waals surface area contributed by atoms with E-state index in [0.29, 0.717) is 19.7 Å². The molecule has 1 aromatic carbocycles. The van der Waals surface area contributed by atoms with Gasteiger partial charge in [-0.25, -0.2) is 0 Å². The molecule has 4 nitrogen and oxygen atoms in total. The molecule has 4 heteroatoms. The Balaban J connectivity index is 2.72. The zero-order valence-electron chi connectivity index (χ0n) is 10.5. The molecule has 0 aliphatic heterocycles. The van der Waals surface area contributed by atoms with Gasteiger partial charge < -0.3 is 15.4 Å². The molecule has 1 rings (SSSR count). The van der Waals surface area contributed by atoms with Crippen LogP contribution in [0.4, 0.5) is 0 Å². The molecule has 0 atom stereocenters. The van der Waals surface area contributed by atoms with Gasteiger partial charge in [-0.1, -0.05) is 12.1 Å². The number of benzene rings is 1. The van der Waals surface area contributed by atoms with Crippen molar-refractivity contribution >= 4 is 5.91 Å². The molecule has 0 unspecified atom stereocenters. The van der Waals surface area contributed by atoms with Crippen molar-refractivity contribution in [3.05, 3.63) is 29.8 Å². The first-order valence-corrected chi connectivity index (χ1v) is 5.90. The standard InChI is InChI=1S/C13H20N2O2/c1-3-15(13(16)9-14)10-11-6-5-7-12(8-11)17-4-2/h5-8H,3-4,9-10,14H2,1-2H3. The van der Waals surface area contributed by atoms with Crippen LogP contribution >= 0.6 is 0 Å². The summed E-state index contributed by atoms with van der Waals surface area (Å²) in [6.07, 6.45) is 0. The average molecular weight is 236 g/mol. The van der Waals surface area contributed by atoms with E-state index in [2.05, 4.69) is 0 Å². The van der Waals surface area contributed by atoms with Crippen LogP contribution in [0.2, 0.25) is 0 Å². The Kier molecular flexibility index (Phi) is 5.49.